The number of esters is 1. The van der Waals surface area contributed by atoms with Crippen LogP contribution in [0.15, 0.2) is 24.3 Å². The summed E-state index contributed by atoms with van der Waals surface area (Å²) < 4.78 is 15.9. The summed E-state index contributed by atoms with van der Waals surface area (Å²) in [7, 11) is 3.73. The molecule has 0 saturated carbocycles. The van der Waals surface area contributed by atoms with Crippen molar-refractivity contribution in [3.8, 4) is 11.5 Å². The van der Waals surface area contributed by atoms with Crippen molar-refractivity contribution in [1.82, 2.24) is 0 Å². The number of carbonyl (C=O) groups excluding carboxylic acids is 1. The maximum Gasteiger partial charge on any atom is 0.344 e. The minimum absolute atomic E-state index is 0.0238. The summed E-state index contributed by atoms with van der Waals surface area (Å²) >= 11 is 0. The molecule has 1 fully saturated rings. The van der Waals surface area contributed by atoms with E-state index in [1.165, 1.54) is 4.90 Å². The maximum atomic E-state index is 11.7. The lowest BCUT2D eigenvalue weighted by atomic mass is 10.1. The fourth-order valence-corrected chi connectivity index (χ4v) is 2.36. The molecule has 0 bridgehead atoms. The molecule has 1 aromatic rings. The van der Waals surface area contributed by atoms with Gasteiger partial charge < -0.3 is 19.1 Å². The Balaban J connectivity index is 1.73. The number of nitrogens with one attached hydrogen (secondary N) is 1. The van der Waals surface area contributed by atoms with Gasteiger partial charge in [-0.05, 0) is 30.7 Å². The van der Waals surface area contributed by atoms with Gasteiger partial charge in [0.05, 0.1) is 20.7 Å². The van der Waals surface area contributed by atoms with E-state index in [0.29, 0.717) is 5.75 Å². The third kappa shape index (κ3) is 4.42. The van der Waals surface area contributed by atoms with E-state index in [0.717, 1.165) is 31.7 Å². The topological polar surface area (TPSA) is 49.2 Å². The summed E-state index contributed by atoms with van der Waals surface area (Å²) in [4.78, 5) is 13.1. The Morgan fingerprint density at radius 2 is 2.00 bits per heavy atom. The number of ether oxygens (including phenoxy) is 3. The summed E-state index contributed by atoms with van der Waals surface area (Å²) in [5.74, 6) is 1.09. The van der Waals surface area contributed by atoms with E-state index in [1.54, 1.807) is 31.4 Å². The van der Waals surface area contributed by atoms with Crippen LogP contribution in [0.1, 0.15) is 12.8 Å². The van der Waals surface area contributed by atoms with Crippen LogP contribution in [0.25, 0.3) is 0 Å². The third-order valence-electron chi connectivity index (χ3n) is 3.42. The second-order valence-corrected chi connectivity index (χ2v) is 5.13. The van der Waals surface area contributed by atoms with Gasteiger partial charge in [0.2, 0.25) is 0 Å². The molecule has 1 aliphatic rings. The molecule has 110 valence electrons. The van der Waals surface area contributed by atoms with Gasteiger partial charge in [-0.1, -0.05) is 0 Å². The first-order chi connectivity index (χ1) is 9.67. The van der Waals surface area contributed by atoms with E-state index in [4.69, 9.17) is 14.2 Å². The van der Waals surface area contributed by atoms with Gasteiger partial charge in [-0.25, -0.2) is 4.79 Å². The van der Waals surface area contributed by atoms with E-state index < -0.39 is 0 Å². The van der Waals surface area contributed by atoms with E-state index in [2.05, 4.69) is 7.05 Å². The predicted octanol–water partition coefficient (Wildman–Crippen LogP) is 0.294. The zero-order chi connectivity index (χ0) is 14.4. The smallest absolute Gasteiger partial charge is 0.344 e. The van der Waals surface area contributed by atoms with Crippen molar-refractivity contribution in [3.05, 3.63) is 24.3 Å². The first-order valence-corrected chi connectivity index (χ1v) is 6.95. The van der Waals surface area contributed by atoms with Crippen molar-refractivity contribution < 1.29 is 23.9 Å². The molecule has 0 aliphatic carbocycles. The van der Waals surface area contributed by atoms with Crippen molar-refractivity contribution in [1.29, 1.82) is 0 Å². The van der Waals surface area contributed by atoms with Gasteiger partial charge in [-0.3, -0.25) is 0 Å². The summed E-state index contributed by atoms with van der Waals surface area (Å²) in [6.45, 7) is 1.98. The number of likely N-dealkylation sites (tertiary alicyclic amines) is 1. The zero-order valence-electron chi connectivity index (χ0n) is 12.1. The van der Waals surface area contributed by atoms with E-state index in [9.17, 15) is 4.79 Å². The minimum Gasteiger partial charge on any atom is -0.497 e. The second kappa shape index (κ2) is 7.14. The quantitative estimate of drug-likeness (QED) is 0.788. The molecule has 1 aromatic carbocycles. The molecule has 0 aromatic heterocycles. The normalized spacial score (nSPS) is 22.1. The van der Waals surface area contributed by atoms with Gasteiger partial charge in [0.25, 0.3) is 0 Å². The number of hydrogen-bond acceptors (Lipinski definition) is 4. The standard InChI is InChI=1S/C15H21NO4/c1-16-9-3-4-14(10-16)20-15(17)11-19-13-7-5-12(18-2)6-8-13/h5-8,14H,3-4,9-11H2,1-2H3/p+1/t14-/m0/s1. The average molecular weight is 280 g/mol. The number of rotatable bonds is 5. The SMILES string of the molecule is COc1ccc(OCC(=O)O[C@H]2CCC[NH+](C)C2)cc1. The highest BCUT2D eigenvalue weighted by Crippen LogP contribution is 2.17. The Morgan fingerprint density at radius 1 is 1.30 bits per heavy atom. The molecule has 0 amide bonds. The van der Waals surface area contributed by atoms with Crippen LogP contribution in [0.4, 0.5) is 0 Å². The first-order valence-electron chi connectivity index (χ1n) is 6.95. The Bertz CT molecular complexity index is 432. The molecule has 0 spiro atoms. The van der Waals surface area contributed by atoms with Crippen molar-refractivity contribution in [3.63, 3.8) is 0 Å². The number of carbonyl (C=O) groups is 1. The number of likely N-dealkylation sites (N-methyl/N-ethyl adjacent to an activating group) is 1. The van der Waals surface area contributed by atoms with E-state index >= 15 is 0 Å². The van der Waals surface area contributed by atoms with Gasteiger partial charge >= 0.3 is 5.97 Å². The Morgan fingerprint density at radius 3 is 2.65 bits per heavy atom. The monoisotopic (exact) mass is 280 g/mol. The maximum absolute atomic E-state index is 11.7. The Hall–Kier alpha value is -1.75. The van der Waals surface area contributed by atoms with Crippen LogP contribution in [0.3, 0.4) is 0 Å². The molecule has 1 saturated heterocycles. The van der Waals surface area contributed by atoms with Crippen molar-refractivity contribution in [2.75, 3.05) is 33.9 Å². The number of quaternary nitrogens is 1. The molecule has 1 unspecified atom stereocenters. The van der Waals surface area contributed by atoms with Crippen LogP contribution in [0.2, 0.25) is 0 Å². The lowest BCUT2D eigenvalue weighted by molar-refractivity contribution is -0.888. The molecule has 5 nitrogen and oxygen atoms in total. The van der Waals surface area contributed by atoms with Crippen LogP contribution < -0.4 is 14.4 Å². The predicted molar refractivity (Wildman–Crippen MR) is 74.2 cm³/mol. The summed E-state index contributed by atoms with van der Waals surface area (Å²) in [5.41, 5.74) is 0. The molecule has 2 rings (SSSR count). The highest BCUT2D eigenvalue weighted by atomic mass is 16.6. The van der Waals surface area contributed by atoms with Crippen LogP contribution in [0.5, 0.6) is 11.5 Å². The molecular formula is C15H22NO4+. The fourth-order valence-electron chi connectivity index (χ4n) is 2.36. The van der Waals surface area contributed by atoms with Gasteiger partial charge in [0.15, 0.2) is 12.7 Å². The van der Waals surface area contributed by atoms with Crippen molar-refractivity contribution in [2.24, 2.45) is 0 Å². The zero-order valence-corrected chi connectivity index (χ0v) is 12.1. The van der Waals surface area contributed by atoms with Gasteiger partial charge in [-0.15, -0.1) is 0 Å². The number of piperidine rings is 1. The minimum atomic E-state index is -0.305. The second-order valence-electron chi connectivity index (χ2n) is 5.13. The van der Waals surface area contributed by atoms with Crippen LogP contribution in [-0.4, -0.2) is 45.9 Å². The molecule has 5 heteroatoms. The van der Waals surface area contributed by atoms with Crippen LogP contribution >= 0.6 is 0 Å². The fraction of sp³-hybridized carbons (Fsp3) is 0.533. The van der Waals surface area contributed by atoms with E-state index in [-0.39, 0.29) is 18.7 Å². The summed E-state index contributed by atoms with van der Waals surface area (Å²) in [5, 5.41) is 0. The van der Waals surface area contributed by atoms with Gasteiger partial charge in [0.1, 0.15) is 18.0 Å². The average Bonchev–Trinajstić information content (AvgIpc) is 2.46. The molecule has 2 atom stereocenters. The van der Waals surface area contributed by atoms with Crippen LogP contribution in [-0.2, 0) is 9.53 Å². The number of methoxy groups -OCH3 is 1. The van der Waals surface area contributed by atoms with E-state index in [1.807, 2.05) is 0 Å². The molecule has 1 N–H and O–H groups in total. The van der Waals surface area contributed by atoms with Gasteiger partial charge in [-0.2, -0.15) is 0 Å². The first kappa shape index (κ1) is 14.7. The largest absolute Gasteiger partial charge is 0.497 e. The Labute approximate surface area is 119 Å². The third-order valence-corrected chi connectivity index (χ3v) is 3.42. The lowest BCUT2D eigenvalue weighted by Crippen LogP contribution is -3.11. The molecule has 1 aliphatic heterocycles. The molecular weight excluding hydrogens is 258 g/mol. The lowest BCUT2D eigenvalue weighted by Gasteiger charge is -2.26. The van der Waals surface area contributed by atoms with Crippen molar-refractivity contribution >= 4 is 5.97 Å². The van der Waals surface area contributed by atoms with Crippen molar-refractivity contribution in [2.45, 2.75) is 18.9 Å². The number of hydrogen-bond donors (Lipinski definition) is 1. The van der Waals surface area contributed by atoms with Gasteiger partial charge in [0, 0.05) is 6.42 Å². The summed E-state index contributed by atoms with van der Waals surface area (Å²) in [6, 6.07) is 7.12. The molecule has 0 radical (unpaired) electrons. The summed E-state index contributed by atoms with van der Waals surface area (Å²) in [6.07, 6.45) is 2.07. The highest BCUT2D eigenvalue weighted by Gasteiger charge is 2.23. The Kier molecular flexibility index (Phi) is 5.24. The number of benzene rings is 1. The highest BCUT2D eigenvalue weighted by molar-refractivity contribution is 5.71. The van der Waals surface area contributed by atoms with Crippen LogP contribution in [0, 0.1) is 0 Å². The molecule has 20 heavy (non-hydrogen) atoms. The molecule has 1 heterocycles.